The van der Waals surface area contributed by atoms with E-state index >= 15 is 0 Å². The van der Waals surface area contributed by atoms with Gasteiger partial charge in [-0.3, -0.25) is 0 Å². The second-order valence-corrected chi connectivity index (χ2v) is 8.34. The molecule has 0 amide bonds. The van der Waals surface area contributed by atoms with Gasteiger partial charge in [0, 0.05) is 0 Å². The van der Waals surface area contributed by atoms with E-state index in [-0.39, 0.29) is 10.8 Å². The summed E-state index contributed by atoms with van der Waals surface area (Å²) in [6.45, 7) is 16.4. The van der Waals surface area contributed by atoms with E-state index in [0.717, 1.165) is 19.4 Å². The van der Waals surface area contributed by atoms with Gasteiger partial charge in [0.15, 0.2) is 0 Å². The molecule has 0 aliphatic rings. The van der Waals surface area contributed by atoms with Crippen molar-refractivity contribution in [1.29, 1.82) is 0 Å². The van der Waals surface area contributed by atoms with Crippen LogP contribution in [0.4, 0.5) is 0 Å². The summed E-state index contributed by atoms with van der Waals surface area (Å²) >= 11 is 0. The lowest BCUT2D eigenvalue weighted by Crippen LogP contribution is -2.21. The van der Waals surface area contributed by atoms with Crippen LogP contribution in [-0.4, -0.2) is 12.7 Å². The van der Waals surface area contributed by atoms with Crippen LogP contribution in [-0.2, 0) is 10.2 Å². The zero-order valence-electron chi connectivity index (χ0n) is 15.6. The van der Waals surface area contributed by atoms with Crippen LogP contribution in [0.3, 0.4) is 0 Å². The molecule has 0 spiro atoms. The molecule has 0 atom stereocenters. The van der Waals surface area contributed by atoms with E-state index in [1.807, 2.05) is 0 Å². The molecule has 124 valence electrons. The molecule has 0 aliphatic heterocycles. The Labute approximate surface area is 137 Å². The predicted octanol–water partition coefficient (Wildman–Crippen LogP) is 6.23. The van der Waals surface area contributed by atoms with E-state index < -0.39 is 0 Å². The van der Waals surface area contributed by atoms with Crippen molar-refractivity contribution >= 4 is 6.08 Å². The van der Waals surface area contributed by atoms with Gasteiger partial charge in [-0.1, -0.05) is 71.0 Å². The summed E-state index contributed by atoms with van der Waals surface area (Å²) in [5, 5.41) is 0. The van der Waals surface area contributed by atoms with Crippen LogP contribution in [0.15, 0.2) is 30.3 Å². The second kappa shape index (κ2) is 7.97. The van der Waals surface area contributed by atoms with Gasteiger partial charge >= 0.3 is 0 Å². The van der Waals surface area contributed by atoms with Crippen LogP contribution in [0.25, 0.3) is 6.08 Å². The van der Waals surface area contributed by atoms with E-state index in [0.29, 0.717) is 6.10 Å². The van der Waals surface area contributed by atoms with E-state index in [4.69, 9.17) is 4.74 Å². The fourth-order valence-electron chi connectivity index (χ4n) is 2.27. The Bertz CT molecular complexity index is 475. The molecule has 0 aromatic heterocycles. The Hall–Kier alpha value is -1.08. The van der Waals surface area contributed by atoms with Crippen LogP contribution in [0.5, 0.6) is 0 Å². The van der Waals surface area contributed by atoms with Crippen molar-refractivity contribution in [2.45, 2.75) is 72.8 Å². The molecule has 22 heavy (non-hydrogen) atoms. The molecule has 0 radical (unpaired) electrons. The topological polar surface area (TPSA) is 9.23 Å². The minimum atomic E-state index is 0.208. The molecule has 1 nitrogen and oxygen atoms in total. The largest absolute Gasteiger partial charge is 0.378 e. The van der Waals surface area contributed by atoms with E-state index in [1.165, 1.54) is 11.1 Å². The summed E-state index contributed by atoms with van der Waals surface area (Å²) in [4.78, 5) is 0. The molecule has 0 saturated carbocycles. The van der Waals surface area contributed by atoms with Crippen LogP contribution in [0.2, 0.25) is 0 Å². The standard InChI is InChI=1S/C21H34O/c1-17(2)22-16-21(6,7)14-9-8-11-18-12-10-13-19(15-18)20(3,4)5/h8,10-13,15,17H,9,14,16H2,1-7H3. The predicted molar refractivity (Wildman–Crippen MR) is 98.3 cm³/mol. The van der Waals surface area contributed by atoms with Gasteiger partial charge in [-0.25, -0.2) is 0 Å². The third-order valence-electron chi connectivity index (χ3n) is 3.86. The van der Waals surface area contributed by atoms with Crippen LogP contribution >= 0.6 is 0 Å². The first-order chi connectivity index (χ1) is 10.1. The van der Waals surface area contributed by atoms with Crippen molar-refractivity contribution in [3.05, 3.63) is 41.5 Å². The van der Waals surface area contributed by atoms with Gasteiger partial charge in [0.25, 0.3) is 0 Å². The number of hydrogen-bond acceptors (Lipinski definition) is 1. The zero-order valence-corrected chi connectivity index (χ0v) is 15.6. The van der Waals surface area contributed by atoms with Crippen LogP contribution in [0, 0.1) is 5.41 Å². The van der Waals surface area contributed by atoms with Gasteiger partial charge in [-0.2, -0.15) is 0 Å². The molecule has 1 aromatic rings. The molecule has 1 rings (SSSR count). The maximum absolute atomic E-state index is 5.75. The molecular weight excluding hydrogens is 268 g/mol. The summed E-state index contributed by atoms with van der Waals surface area (Å²) < 4.78 is 5.75. The highest BCUT2D eigenvalue weighted by Crippen LogP contribution is 2.25. The molecule has 0 aliphatic carbocycles. The Morgan fingerprint density at radius 1 is 1.09 bits per heavy atom. The number of benzene rings is 1. The zero-order chi connectivity index (χ0) is 16.8. The fraction of sp³-hybridized carbons (Fsp3) is 0.619. The van der Waals surface area contributed by atoms with Gasteiger partial charge < -0.3 is 4.74 Å². The van der Waals surface area contributed by atoms with Gasteiger partial charge in [0.2, 0.25) is 0 Å². The number of allylic oxidation sites excluding steroid dienone is 1. The van der Waals surface area contributed by atoms with Gasteiger partial charge in [0.05, 0.1) is 12.7 Å². The van der Waals surface area contributed by atoms with Crippen LogP contribution < -0.4 is 0 Å². The molecule has 0 unspecified atom stereocenters. The number of rotatable bonds is 7. The second-order valence-electron chi connectivity index (χ2n) is 8.34. The first kappa shape index (κ1) is 19.0. The normalized spacial score (nSPS) is 13.3. The first-order valence-electron chi connectivity index (χ1n) is 8.49. The molecule has 0 bridgehead atoms. The lowest BCUT2D eigenvalue weighted by Gasteiger charge is -2.25. The minimum Gasteiger partial charge on any atom is -0.378 e. The first-order valence-corrected chi connectivity index (χ1v) is 8.49. The van der Waals surface area contributed by atoms with E-state index in [1.54, 1.807) is 0 Å². The smallest absolute Gasteiger partial charge is 0.0520 e. The monoisotopic (exact) mass is 302 g/mol. The summed E-state index contributed by atoms with van der Waals surface area (Å²) in [5.74, 6) is 0. The minimum absolute atomic E-state index is 0.208. The van der Waals surface area contributed by atoms with Gasteiger partial charge in [-0.15, -0.1) is 0 Å². The van der Waals surface area contributed by atoms with E-state index in [2.05, 4.69) is 84.9 Å². The third kappa shape index (κ3) is 7.26. The highest BCUT2D eigenvalue weighted by Gasteiger charge is 2.17. The summed E-state index contributed by atoms with van der Waals surface area (Å²) in [6.07, 6.45) is 7.09. The van der Waals surface area contributed by atoms with E-state index in [9.17, 15) is 0 Å². The quantitative estimate of drug-likeness (QED) is 0.580. The molecule has 0 fully saturated rings. The molecule has 0 N–H and O–H groups in total. The number of ether oxygens (including phenoxy) is 1. The average Bonchev–Trinajstić information content (AvgIpc) is 2.41. The van der Waals surface area contributed by atoms with Crippen molar-refractivity contribution in [2.24, 2.45) is 5.41 Å². The Morgan fingerprint density at radius 2 is 1.77 bits per heavy atom. The number of hydrogen-bond donors (Lipinski definition) is 0. The van der Waals surface area contributed by atoms with Crippen molar-refractivity contribution in [3.8, 4) is 0 Å². The lowest BCUT2D eigenvalue weighted by atomic mass is 9.86. The fourth-order valence-corrected chi connectivity index (χ4v) is 2.27. The molecule has 0 heterocycles. The molecule has 1 aromatic carbocycles. The lowest BCUT2D eigenvalue weighted by molar-refractivity contribution is 0.0186. The maximum atomic E-state index is 5.75. The van der Waals surface area contributed by atoms with Crippen molar-refractivity contribution in [3.63, 3.8) is 0 Å². The van der Waals surface area contributed by atoms with Crippen molar-refractivity contribution in [2.75, 3.05) is 6.61 Å². The van der Waals surface area contributed by atoms with Crippen molar-refractivity contribution < 1.29 is 4.74 Å². The van der Waals surface area contributed by atoms with Gasteiger partial charge in [-0.05, 0) is 48.6 Å². The molecule has 0 saturated heterocycles. The molecular formula is C21H34O. The third-order valence-corrected chi connectivity index (χ3v) is 3.86. The van der Waals surface area contributed by atoms with Crippen LogP contribution in [0.1, 0.15) is 72.4 Å². The Morgan fingerprint density at radius 3 is 2.36 bits per heavy atom. The van der Waals surface area contributed by atoms with Gasteiger partial charge in [0.1, 0.15) is 0 Å². The SMILES string of the molecule is CC(C)OCC(C)(C)CCC=Cc1cccc(C(C)(C)C)c1. The van der Waals surface area contributed by atoms with Crippen molar-refractivity contribution in [1.82, 2.24) is 0 Å². The highest BCUT2D eigenvalue weighted by atomic mass is 16.5. The highest BCUT2D eigenvalue weighted by molar-refractivity contribution is 5.51. The molecule has 1 heteroatoms. The average molecular weight is 303 g/mol. The maximum Gasteiger partial charge on any atom is 0.0520 e. The summed E-state index contributed by atoms with van der Waals surface area (Å²) in [7, 11) is 0. The Balaban J connectivity index is 2.53. The Kier molecular flexibility index (Phi) is 6.87. The summed E-state index contributed by atoms with van der Waals surface area (Å²) in [6, 6.07) is 8.84. The summed E-state index contributed by atoms with van der Waals surface area (Å²) in [5.41, 5.74) is 3.13.